The SMILES string of the molecule is O=[N+]([O-])c1cccc(Br)c1Oc1ncccc1CCl. The average Bonchev–Trinajstić information content (AvgIpc) is 2.41. The zero-order valence-electron chi connectivity index (χ0n) is 9.55. The van der Waals surface area contributed by atoms with Crippen molar-refractivity contribution in [3.05, 3.63) is 56.7 Å². The molecule has 2 rings (SSSR count). The molecule has 1 heterocycles. The lowest BCUT2D eigenvalue weighted by Gasteiger charge is -2.09. The number of aromatic nitrogens is 1. The summed E-state index contributed by atoms with van der Waals surface area (Å²) >= 11 is 9.00. The first-order chi connectivity index (χ1) is 9.13. The summed E-state index contributed by atoms with van der Waals surface area (Å²) in [6.07, 6.45) is 1.54. The van der Waals surface area contributed by atoms with Crippen LogP contribution in [0.3, 0.4) is 0 Å². The number of rotatable bonds is 4. The monoisotopic (exact) mass is 342 g/mol. The van der Waals surface area contributed by atoms with E-state index in [-0.39, 0.29) is 23.2 Å². The number of hydrogen-bond acceptors (Lipinski definition) is 4. The van der Waals surface area contributed by atoms with Crippen LogP contribution in [0.5, 0.6) is 11.6 Å². The van der Waals surface area contributed by atoms with Gasteiger partial charge in [-0.1, -0.05) is 12.1 Å². The molecule has 5 nitrogen and oxygen atoms in total. The fourth-order valence-corrected chi connectivity index (χ4v) is 2.10. The van der Waals surface area contributed by atoms with Gasteiger partial charge in [-0.15, -0.1) is 11.6 Å². The molecule has 0 amide bonds. The van der Waals surface area contributed by atoms with Crippen molar-refractivity contribution < 1.29 is 9.66 Å². The average molecular weight is 344 g/mol. The molecule has 2 aromatic rings. The molecule has 0 aliphatic heterocycles. The zero-order valence-corrected chi connectivity index (χ0v) is 11.9. The van der Waals surface area contributed by atoms with Crippen molar-refractivity contribution in [1.82, 2.24) is 4.98 Å². The van der Waals surface area contributed by atoms with Crippen LogP contribution >= 0.6 is 27.5 Å². The Hall–Kier alpha value is -1.66. The molecule has 19 heavy (non-hydrogen) atoms. The smallest absolute Gasteiger partial charge is 0.312 e. The minimum absolute atomic E-state index is 0.109. The van der Waals surface area contributed by atoms with E-state index < -0.39 is 4.92 Å². The Morgan fingerprint density at radius 2 is 2.16 bits per heavy atom. The number of benzene rings is 1. The van der Waals surface area contributed by atoms with Crippen molar-refractivity contribution in [3.8, 4) is 11.6 Å². The Morgan fingerprint density at radius 1 is 1.37 bits per heavy atom. The van der Waals surface area contributed by atoms with Crippen molar-refractivity contribution >= 4 is 33.2 Å². The van der Waals surface area contributed by atoms with Crippen LogP contribution in [-0.4, -0.2) is 9.91 Å². The third kappa shape index (κ3) is 3.02. The van der Waals surface area contributed by atoms with Gasteiger partial charge in [0.25, 0.3) is 0 Å². The van der Waals surface area contributed by atoms with Gasteiger partial charge in [0.1, 0.15) is 0 Å². The van der Waals surface area contributed by atoms with E-state index >= 15 is 0 Å². The highest BCUT2D eigenvalue weighted by molar-refractivity contribution is 9.10. The van der Waals surface area contributed by atoms with Crippen LogP contribution in [0.25, 0.3) is 0 Å². The summed E-state index contributed by atoms with van der Waals surface area (Å²) in [6.45, 7) is 0. The summed E-state index contributed by atoms with van der Waals surface area (Å²) in [5.74, 6) is 0.576. The van der Waals surface area contributed by atoms with Crippen molar-refractivity contribution in [2.24, 2.45) is 0 Å². The molecule has 98 valence electrons. The number of alkyl halides is 1. The number of para-hydroxylation sites is 1. The Morgan fingerprint density at radius 3 is 2.84 bits per heavy atom. The Bertz CT molecular complexity index is 622. The van der Waals surface area contributed by atoms with Gasteiger partial charge >= 0.3 is 5.69 Å². The summed E-state index contributed by atoms with van der Waals surface area (Å²) < 4.78 is 6.02. The number of hydrogen-bond donors (Lipinski definition) is 0. The van der Waals surface area contributed by atoms with Gasteiger partial charge in [-0.2, -0.15) is 0 Å². The summed E-state index contributed by atoms with van der Waals surface area (Å²) in [6, 6.07) is 8.06. The molecular formula is C12H8BrClN2O3. The summed E-state index contributed by atoms with van der Waals surface area (Å²) in [7, 11) is 0. The molecule has 0 saturated heterocycles. The first-order valence-electron chi connectivity index (χ1n) is 5.24. The fraction of sp³-hybridized carbons (Fsp3) is 0.0833. The van der Waals surface area contributed by atoms with Crippen LogP contribution in [0.2, 0.25) is 0 Å². The van der Waals surface area contributed by atoms with E-state index in [1.807, 2.05) is 0 Å². The first kappa shape index (κ1) is 13.8. The van der Waals surface area contributed by atoms with Crippen molar-refractivity contribution in [3.63, 3.8) is 0 Å². The lowest BCUT2D eigenvalue weighted by molar-refractivity contribution is -0.385. The van der Waals surface area contributed by atoms with Gasteiger partial charge in [-0.05, 0) is 28.1 Å². The molecule has 1 aromatic heterocycles. The van der Waals surface area contributed by atoms with Crippen LogP contribution in [-0.2, 0) is 5.88 Å². The molecular weight excluding hydrogens is 336 g/mol. The number of pyridine rings is 1. The highest BCUT2D eigenvalue weighted by Gasteiger charge is 2.20. The Kier molecular flexibility index (Phi) is 4.34. The third-order valence-electron chi connectivity index (χ3n) is 2.34. The van der Waals surface area contributed by atoms with E-state index in [2.05, 4.69) is 20.9 Å². The molecule has 7 heteroatoms. The van der Waals surface area contributed by atoms with Crippen molar-refractivity contribution in [2.45, 2.75) is 5.88 Å². The van der Waals surface area contributed by atoms with E-state index in [4.69, 9.17) is 16.3 Å². The van der Waals surface area contributed by atoms with Crippen LogP contribution in [0.1, 0.15) is 5.56 Å². The number of ether oxygens (including phenoxy) is 1. The second-order valence-corrected chi connectivity index (χ2v) is 4.67. The molecule has 0 unspecified atom stereocenters. The molecule has 0 radical (unpaired) electrons. The van der Waals surface area contributed by atoms with Gasteiger partial charge in [0.05, 0.1) is 15.3 Å². The quantitative estimate of drug-likeness (QED) is 0.472. The molecule has 0 saturated carbocycles. The van der Waals surface area contributed by atoms with Gasteiger partial charge < -0.3 is 4.74 Å². The molecule has 0 aliphatic carbocycles. The first-order valence-corrected chi connectivity index (χ1v) is 6.57. The maximum Gasteiger partial charge on any atom is 0.312 e. The molecule has 1 aromatic carbocycles. The number of halogens is 2. The lowest BCUT2D eigenvalue weighted by Crippen LogP contribution is -1.97. The topological polar surface area (TPSA) is 65.3 Å². The standard InChI is InChI=1S/C12H8BrClN2O3/c13-9-4-1-5-10(16(17)18)11(9)19-12-8(7-14)3-2-6-15-12/h1-6H,7H2. The van der Waals surface area contributed by atoms with Gasteiger partial charge in [0, 0.05) is 17.8 Å². The summed E-state index contributed by atoms with van der Waals surface area (Å²) in [5, 5.41) is 11.0. The zero-order chi connectivity index (χ0) is 13.8. The second-order valence-electron chi connectivity index (χ2n) is 3.55. The largest absolute Gasteiger partial charge is 0.430 e. The lowest BCUT2D eigenvalue weighted by atomic mass is 10.3. The second kappa shape index (κ2) is 5.99. The molecule has 0 atom stereocenters. The van der Waals surface area contributed by atoms with E-state index in [9.17, 15) is 10.1 Å². The minimum Gasteiger partial charge on any atom is -0.430 e. The number of nitro groups is 1. The predicted molar refractivity (Wildman–Crippen MR) is 74.7 cm³/mol. The number of nitrogens with zero attached hydrogens (tertiary/aromatic N) is 2. The van der Waals surface area contributed by atoms with Crippen molar-refractivity contribution in [2.75, 3.05) is 0 Å². The van der Waals surface area contributed by atoms with Gasteiger partial charge in [-0.25, -0.2) is 4.98 Å². The van der Waals surface area contributed by atoms with Crippen molar-refractivity contribution in [1.29, 1.82) is 0 Å². The van der Waals surface area contributed by atoms with E-state index in [0.29, 0.717) is 10.0 Å². The molecule has 0 fully saturated rings. The van der Waals surface area contributed by atoms with E-state index in [1.165, 1.54) is 12.3 Å². The van der Waals surface area contributed by atoms with Crippen LogP contribution < -0.4 is 4.74 Å². The maximum absolute atomic E-state index is 11.0. The van der Waals surface area contributed by atoms with Gasteiger partial charge in [0.15, 0.2) is 0 Å². The maximum atomic E-state index is 11.0. The summed E-state index contributed by atoms with van der Waals surface area (Å²) in [5.41, 5.74) is 0.523. The highest BCUT2D eigenvalue weighted by Crippen LogP contribution is 2.38. The fourth-order valence-electron chi connectivity index (χ4n) is 1.46. The van der Waals surface area contributed by atoms with E-state index in [0.717, 1.165) is 0 Å². The third-order valence-corrected chi connectivity index (χ3v) is 3.25. The Labute approximate surface area is 122 Å². The summed E-state index contributed by atoms with van der Waals surface area (Å²) in [4.78, 5) is 14.5. The molecule has 0 bridgehead atoms. The minimum atomic E-state index is -0.511. The van der Waals surface area contributed by atoms with Gasteiger partial charge in [-0.3, -0.25) is 10.1 Å². The van der Waals surface area contributed by atoms with E-state index in [1.54, 1.807) is 24.3 Å². The van der Waals surface area contributed by atoms with Crippen LogP contribution in [0.4, 0.5) is 5.69 Å². The highest BCUT2D eigenvalue weighted by atomic mass is 79.9. The number of nitro benzene ring substituents is 1. The molecule has 0 N–H and O–H groups in total. The molecule has 0 spiro atoms. The van der Waals surface area contributed by atoms with Gasteiger partial charge in [0.2, 0.25) is 11.6 Å². The Balaban J connectivity index is 2.46. The van der Waals surface area contributed by atoms with Crippen LogP contribution in [0, 0.1) is 10.1 Å². The molecule has 0 aliphatic rings. The van der Waals surface area contributed by atoms with Crippen LogP contribution in [0.15, 0.2) is 41.0 Å². The normalized spacial score (nSPS) is 10.2. The predicted octanol–water partition coefficient (Wildman–Crippen LogP) is 4.28.